The van der Waals surface area contributed by atoms with Crippen LogP contribution in [-0.4, -0.2) is 21.6 Å². The van der Waals surface area contributed by atoms with Crippen molar-refractivity contribution in [1.29, 1.82) is 0 Å². The van der Waals surface area contributed by atoms with Gasteiger partial charge < -0.3 is 5.32 Å². The number of hydrogen-bond donors (Lipinski definition) is 1. The number of nitrogens with zero attached hydrogens (tertiary/aromatic N) is 2. The van der Waals surface area contributed by atoms with Crippen LogP contribution in [-0.2, 0) is 17.9 Å². The van der Waals surface area contributed by atoms with Gasteiger partial charge in [-0.05, 0) is 6.42 Å². The van der Waals surface area contributed by atoms with Gasteiger partial charge in [-0.3, -0.25) is 13.9 Å². The first-order valence-corrected chi connectivity index (χ1v) is 5.14. The Morgan fingerprint density at radius 1 is 1.50 bits per heavy atom. The number of hydrogen-bond acceptors (Lipinski definition) is 2. The zero-order valence-corrected chi connectivity index (χ0v) is 9.27. The van der Waals surface area contributed by atoms with Crippen LogP contribution >= 0.6 is 0 Å². The molecule has 0 atom stereocenters. The Kier molecular flexibility index (Phi) is 4.40. The van der Waals surface area contributed by atoms with Crippen molar-refractivity contribution in [1.82, 2.24) is 14.5 Å². The summed E-state index contributed by atoms with van der Waals surface area (Å²) in [5.74, 6) is 2.04. The fourth-order valence-electron chi connectivity index (χ4n) is 1.35. The van der Waals surface area contributed by atoms with Crippen LogP contribution in [0.4, 0.5) is 0 Å². The van der Waals surface area contributed by atoms with Crippen LogP contribution in [0, 0.1) is 12.3 Å². The van der Waals surface area contributed by atoms with Gasteiger partial charge in [-0.1, -0.05) is 12.8 Å². The van der Waals surface area contributed by atoms with Crippen molar-refractivity contribution in [3.05, 3.63) is 22.9 Å². The van der Waals surface area contributed by atoms with E-state index >= 15 is 0 Å². The molecule has 0 bridgehead atoms. The molecule has 0 aromatic carbocycles. The summed E-state index contributed by atoms with van der Waals surface area (Å²) in [7, 11) is 0. The van der Waals surface area contributed by atoms with Crippen LogP contribution in [0.5, 0.6) is 0 Å². The summed E-state index contributed by atoms with van der Waals surface area (Å²) >= 11 is 0. The van der Waals surface area contributed by atoms with E-state index in [-0.39, 0.29) is 24.7 Å². The van der Waals surface area contributed by atoms with E-state index in [0.717, 1.165) is 6.42 Å². The highest BCUT2D eigenvalue weighted by atomic mass is 16.2. The second-order valence-electron chi connectivity index (χ2n) is 3.38. The molecule has 0 radical (unpaired) electrons. The number of imidazole rings is 1. The Morgan fingerprint density at radius 2 is 2.19 bits per heavy atom. The molecule has 0 saturated heterocycles. The Morgan fingerprint density at radius 3 is 2.81 bits per heavy atom. The van der Waals surface area contributed by atoms with E-state index in [0.29, 0.717) is 6.54 Å². The Labute approximate surface area is 94.1 Å². The van der Waals surface area contributed by atoms with Crippen molar-refractivity contribution < 1.29 is 4.79 Å². The molecule has 1 aromatic rings. The molecule has 1 N–H and O–H groups in total. The summed E-state index contributed by atoms with van der Waals surface area (Å²) < 4.78 is 2.94. The number of nitrogens with one attached hydrogen (secondary N) is 1. The molecule has 0 aliphatic rings. The number of terminal acetylenes is 1. The first kappa shape index (κ1) is 12.1. The number of carbonyl (C=O) groups excluding carboxylic acids is 1. The van der Waals surface area contributed by atoms with E-state index in [1.165, 1.54) is 4.57 Å². The molecule has 0 aliphatic heterocycles. The molecule has 0 unspecified atom stereocenters. The summed E-state index contributed by atoms with van der Waals surface area (Å²) in [6.45, 7) is 2.85. The maximum atomic E-state index is 11.7. The van der Waals surface area contributed by atoms with Crippen LogP contribution in [0.25, 0.3) is 0 Å². The van der Waals surface area contributed by atoms with Crippen LogP contribution in [0.2, 0.25) is 0 Å². The molecule has 5 nitrogen and oxygen atoms in total. The minimum Gasteiger partial charge on any atom is -0.344 e. The third kappa shape index (κ3) is 3.02. The number of carbonyl (C=O) groups is 1. The topological polar surface area (TPSA) is 56.0 Å². The SMILES string of the molecule is C#CCNC(=O)Cn1ccn(CCC)c1=O. The van der Waals surface area contributed by atoms with Crippen molar-refractivity contribution in [2.24, 2.45) is 0 Å². The fourth-order valence-corrected chi connectivity index (χ4v) is 1.35. The molecule has 16 heavy (non-hydrogen) atoms. The van der Waals surface area contributed by atoms with Gasteiger partial charge in [-0.15, -0.1) is 6.42 Å². The highest BCUT2D eigenvalue weighted by Gasteiger charge is 2.06. The van der Waals surface area contributed by atoms with Crippen molar-refractivity contribution in [2.75, 3.05) is 6.54 Å². The van der Waals surface area contributed by atoms with Gasteiger partial charge in [0.15, 0.2) is 0 Å². The summed E-state index contributed by atoms with van der Waals surface area (Å²) in [5.41, 5.74) is -0.169. The second kappa shape index (κ2) is 5.81. The highest BCUT2D eigenvalue weighted by molar-refractivity contribution is 5.75. The molecule has 1 rings (SSSR count). The van der Waals surface area contributed by atoms with E-state index in [1.807, 2.05) is 6.92 Å². The lowest BCUT2D eigenvalue weighted by Gasteiger charge is -2.01. The molecule has 1 amide bonds. The van der Waals surface area contributed by atoms with Crippen molar-refractivity contribution in [2.45, 2.75) is 26.4 Å². The quantitative estimate of drug-likeness (QED) is 0.701. The summed E-state index contributed by atoms with van der Waals surface area (Å²) in [6, 6.07) is 0. The van der Waals surface area contributed by atoms with Crippen molar-refractivity contribution in [3.8, 4) is 12.3 Å². The highest BCUT2D eigenvalue weighted by Crippen LogP contribution is 1.88. The van der Waals surface area contributed by atoms with Gasteiger partial charge >= 0.3 is 5.69 Å². The van der Waals surface area contributed by atoms with E-state index in [2.05, 4.69) is 11.2 Å². The Hall–Kier alpha value is -1.96. The smallest absolute Gasteiger partial charge is 0.328 e. The van der Waals surface area contributed by atoms with Gasteiger partial charge in [-0.25, -0.2) is 4.79 Å². The third-order valence-electron chi connectivity index (χ3n) is 2.08. The fraction of sp³-hybridized carbons (Fsp3) is 0.455. The monoisotopic (exact) mass is 221 g/mol. The van der Waals surface area contributed by atoms with E-state index in [4.69, 9.17) is 6.42 Å². The van der Waals surface area contributed by atoms with Gasteiger partial charge in [0.25, 0.3) is 0 Å². The van der Waals surface area contributed by atoms with Gasteiger partial charge in [0, 0.05) is 18.9 Å². The number of aryl methyl sites for hydroxylation is 1. The lowest BCUT2D eigenvalue weighted by Crippen LogP contribution is -2.33. The molecule has 0 spiro atoms. The lowest BCUT2D eigenvalue weighted by atomic mass is 10.5. The Balaban J connectivity index is 2.65. The second-order valence-corrected chi connectivity index (χ2v) is 3.38. The van der Waals surface area contributed by atoms with Crippen molar-refractivity contribution >= 4 is 5.91 Å². The average Bonchev–Trinajstić information content (AvgIpc) is 2.59. The van der Waals surface area contributed by atoms with E-state index < -0.39 is 0 Å². The average molecular weight is 221 g/mol. The van der Waals surface area contributed by atoms with Crippen LogP contribution < -0.4 is 11.0 Å². The molecule has 0 aliphatic carbocycles. The molecule has 0 fully saturated rings. The zero-order valence-electron chi connectivity index (χ0n) is 9.27. The standard InChI is InChI=1S/C11H15N3O2/c1-3-5-12-10(15)9-14-8-7-13(6-4-2)11(14)16/h1,7-8H,4-6,9H2,2H3,(H,12,15). The Bertz CT molecular complexity index is 451. The molecule has 1 heterocycles. The van der Waals surface area contributed by atoms with Crippen LogP contribution in [0.3, 0.4) is 0 Å². The van der Waals surface area contributed by atoms with Gasteiger partial charge in [0.1, 0.15) is 6.54 Å². The van der Waals surface area contributed by atoms with Gasteiger partial charge in [-0.2, -0.15) is 0 Å². The number of amides is 1. The summed E-state index contributed by atoms with van der Waals surface area (Å²) in [4.78, 5) is 23.0. The minimum atomic E-state index is -0.255. The predicted molar refractivity (Wildman–Crippen MR) is 60.8 cm³/mol. The maximum absolute atomic E-state index is 11.7. The molecule has 0 saturated carbocycles. The van der Waals surface area contributed by atoms with Crippen LogP contribution in [0.1, 0.15) is 13.3 Å². The largest absolute Gasteiger partial charge is 0.344 e. The lowest BCUT2D eigenvalue weighted by molar-refractivity contribution is -0.121. The van der Waals surface area contributed by atoms with E-state index in [1.54, 1.807) is 17.0 Å². The van der Waals surface area contributed by atoms with E-state index in [9.17, 15) is 9.59 Å². The molecule has 1 aromatic heterocycles. The zero-order chi connectivity index (χ0) is 12.0. The predicted octanol–water partition coefficient (Wildman–Crippen LogP) is -0.191. The molecule has 86 valence electrons. The molecular formula is C11H15N3O2. The van der Waals surface area contributed by atoms with Crippen molar-refractivity contribution in [3.63, 3.8) is 0 Å². The molecular weight excluding hydrogens is 206 g/mol. The number of aromatic nitrogens is 2. The van der Waals surface area contributed by atoms with Gasteiger partial charge in [0.05, 0.1) is 6.54 Å². The maximum Gasteiger partial charge on any atom is 0.328 e. The first-order valence-electron chi connectivity index (χ1n) is 5.14. The molecule has 5 heteroatoms. The summed E-state index contributed by atoms with van der Waals surface area (Å²) in [6.07, 6.45) is 9.17. The minimum absolute atomic E-state index is 0.0111. The first-order chi connectivity index (χ1) is 7.69. The van der Waals surface area contributed by atoms with Crippen LogP contribution in [0.15, 0.2) is 17.2 Å². The van der Waals surface area contributed by atoms with Gasteiger partial charge in [0.2, 0.25) is 5.91 Å². The normalized spacial score (nSPS) is 9.75. The number of rotatable bonds is 5. The summed E-state index contributed by atoms with van der Waals surface area (Å²) in [5, 5.41) is 2.51. The third-order valence-corrected chi connectivity index (χ3v) is 2.08.